The molecule has 3 heterocycles. The highest BCUT2D eigenvalue weighted by molar-refractivity contribution is 6.30. The van der Waals surface area contributed by atoms with Gasteiger partial charge in [-0.25, -0.2) is 18.7 Å². The third-order valence-electron chi connectivity index (χ3n) is 8.21. The number of hydrogen-bond acceptors (Lipinski definition) is 8. The topological polar surface area (TPSA) is 129 Å². The Morgan fingerprint density at radius 3 is 2.48 bits per heavy atom. The first-order valence-corrected chi connectivity index (χ1v) is 14.0. The Kier molecular flexibility index (Phi) is 7.45. The van der Waals surface area contributed by atoms with Gasteiger partial charge in [-0.15, -0.1) is 0 Å². The molecule has 218 valence electrons. The van der Waals surface area contributed by atoms with Gasteiger partial charge in [0, 0.05) is 49.0 Å². The van der Waals surface area contributed by atoms with Crippen LogP contribution in [0.4, 0.5) is 8.78 Å². The fourth-order valence-corrected chi connectivity index (χ4v) is 5.99. The van der Waals surface area contributed by atoms with Crippen LogP contribution in [0.1, 0.15) is 70.2 Å². The number of aliphatic hydroxyl groups is 2. The maximum Gasteiger partial charge on any atom is 0.257 e. The van der Waals surface area contributed by atoms with Gasteiger partial charge in [0.15, 0.2) is 0 Å². The normalized spacial score (nSPS) is 25.4. The van der Waals surface area contributed by atoms with Crippen LogP contribution in [0.15, 0.2) is 48.8 Å². The van der Waals surface area contributed by atoms with Crippen molar-refractivity contribution in [3.05, 3.63) is 93.3 Å². The van der Waals surface area contributed by atoms with Gasteiger partial charge in [-0.1, -0.05) is 23.7 Å². The number of rotatable bonds is 7. The lowest BCUT2D eigenvalue weighted by Crippen LogP contribution is -2.51. The maximum absolute atomic E-state index is 16.4. The molecule has 6 rings (SSSR count). The van der Waals surface area contributed by atoms with Crippen LogP contribution in [0.3, 0.4) is 0 Å². The molecule has 1 saturated carbocycles. The third-order valence-corrected chi connectivity index (χ3v) is 8.47. The van der Waals surface area contributed by atoms with Gasteiger partial charge in [0.25, 0.3) is 5.91 Å². The van der Waals surface area contributed by atoms with Gasteiger partial charge in [-0.05, 0) is 42.7 Å². The Morgan fingerprint density at radius 1 is 1.19 bits per heavy atom. The highest BCUT2D eigenvalue weighted by Gasteiger charge is 2.57. The Labute approximate surface area is 245 Å². The van der Waals surface area contributed by atoms with Gasteiger partial charge in [0.1, 0.15) is 29.5 Å². The summed E-state index contributed by atoms with van der Waals surface area (Å²) in [6.45, 7) is -0.0169. The van der Waals surface area contributed by atoms with Crippen molar-refractivity contribution in [1.82, 2.24) is 14.9 Å². The standard InChI is InChI=1S/C30H27ClF2N4O5/c31-20-3-1-19(2-4-20)30(42-22-11-21(38)12-22)26-23(28(40)37(30)16-25-35-14-17(13-34)15-36-25)9-18(10-24(26)32)27(39)29(33)5-7-41-8-6-29/h1-4,9-10,14-15,21-22,27,38-39H,5-8,11-12,16H2/t21?,22?,27-,30-/m1/s1. The zero-order valence-electron chi connectivity index (χ0n) is 22.3. The van der Waals surface area contributed by atoms with Crippen LogP contribution in [0.2, 0.25) is 5.02 Å². The van der Waals surface area contributed by atoms with Gasteiger partial charge < -0.3 is 19.7 Å². The Hall–Kier alpha value is -3.53. The van der Waals surface area contributed by atoms with E-state index in [2.05, 4.69) is 9.97 Å². The number of carbonyl (C=O) groups is 1. The van der Waals surface area contributed by atoms with Crippen LogP contribution in [-0.4, -0.2) is 62.1 Å². The molecular weight excluding hydrogens is 570 g/mol. The van der Waals surface area contributed by atoms with E-state index in [4.69, 9.17) is 26.3 Å². The molecule has 12 heteroatoms. The molecule has 1 amide bonds. The lowest BCUT2D eigenvalue weighted by atomic mass is 9.84. The van der Waals surface area contributed by atoms with E-state index in [1.807, 2.05) is 6.07 Å². The van der Waals surface area contributed by atoms with Crippen LogP contribution < -0.4 is 0 Å². The predicted octanol–water partition coefficient (Wildman–Crippen LogP) is 4.09. The number of halogens is 3. The minimum atomic E-state index is -2.05. The Bertz CT molecular complexity index is 1540. The summed E-state index contributed by atoms with van der Waals surface area (Å²) in [6, 6.07) is 10.7. The van der Waals surface area contributed by atoms with Crippen molar-refractivity contribution in [1.29, 1.82) is 5.26 Å². The molecule has 2 fully saturated rings. The number of carbonyl (C=O) groups excluding carboxylic acids is 1. The monoisotopic (exact) mass is 596 g/mol. The zero-order valence-corrected chi connectivity index (χ0v) is 23.1. The molecule has 0 unspecified atom stereocenters. The first-order chi connectivity index (χ1) is 20.1. The largest absolute Gasteiger partial charge is 0.393 e. The average molecular weight is 597 g/mol. The molecule has 3 aliphatic rings. The number of hydrogen-bond donors (Lipinski definition) is 2. The molecule has 9 nitrogen and oxygen atoms in total. The molecule has 1 aliphatic carbocycles. The van der Waals surface area contributed by atoms with Crippen molar-refractivity contribution in [3.63, 3.8) is 0 Å². The summed E-state index contributed by atoms with van der Waals surface area (Å²) in [5.41, 5.74) is -3.58. The number of nitriles is 1. The summed E-state index contributed by atoms with van der Waals surface area (Å²) < 4.78 is 44.0. The van der Waals surface area contributed by atoms with Crippen molar-refractivity contribution < 1.29 is 33.3 Å². The summed E-state index contributed by atoms with van der Waals surface area (Å²) in [4.78, 5) is 23.9. The lowest BCUT2D eigenvalue weighted by Gasteiger charge is -2.45. The average Bonchev–Trinajstić information content (AvgIpc) is 3.21. The number of fused-ring (bicyclic) bond motifs is 1. The van der Waals surface area contributed by atoms with Crippen LogP contribution in [-0.2, 0) is 21.7 Å². The minimum absolute atomic E-state index is 0.0786. The number of aliphatic hydroxyl groups excluding tert-OH is 2. The summed E-state index contributed by atoms with van der Waals surface area (Å²) in [7, 11) is 0. The first kappa shape index (κ1) is 28.6. The molecule has 1 aromatic heterocycles. The Balaban J connectivity index is 1.52. The fourth-order valence-electron chi connectivity index (χ4n) is 5.87. The molecule has 2 aliphatic heterocycles. The quantitative estimate of drug-likeness (QED) is 0.417. The Morgan fingerprint density at radius 2 is 1.86 bits per heavy atom. The summed E-state index contributed by atoms with van der Waals surface area (Å²) in [5, 5.41) is 30.6. The molecule has 0 bridgehead atoms. The minimum Gasteiger partial charge on any atom is -0.393 e. The zero-order chi connectivity index (χ0) is 29.6. The lowest BCUT2D eigenvalue weighted by molar-refractivity contribution is -0.191. The van der Waals surface area contributed by atoms with Gasteiger partial charge >= 0.3 is 0 Å². The second-order valence-electron chi connectivity index (χ2n) is 10.9. The third kappa shape index (κ3) is 4.83. The van der Waals surface area contributed by atoms with E-state index in [1.54, 1.807) is 24.3 Å². The van der Waals surface area contributed by atoms with Crippen LogP contribution in [0.25, 0.3) is 0 Å². The first-order valence-electron chi connectivity index (χ1n) is 13.6. The van der Waals surface area contributed by atoms with Crippen LogP contribution in [0, 0.1) is 17.1 Å². The van der Waals surface area contributed by atoms with E-state index in [0.29, 0.717) is 10.6 Å². The van der Waals surface area contributed by atoms with E-state index in [1.165, 1.54) is 23.4 Å². The number of alkyl halides is 1. The van der Waals surface area contributed by atoms with E-state index < -0.39 is 41.4 Å². The van der Waals surface area contributed by atoms with E-state index >= 15 is 8.78 Å². The maximum atomic E-state index is 16.4. The van der Waals surface area contributed by atoms with Gasteiger partial charge in [-0.2, -0.15) is 5.26 Å². The molecule has 2 aromatic carbocycles. The molecule has 0 radical (unpaired) electrons. The second kappa shape index (κ2) is 10.9. The van der Waals surface area contributed by atoms with Crippen LogP contribution >= 0.6 is 11.6 Å². The fraction of sp³-hybridized carbons (Fsp3) is 0.400. The summed E-state index contributed by atoms with van der Waals surface area (Å²) in [5.74, 6) is -1.36. The SMILES string of the molecule is N#Cc1cnc(CN2C(=O)c3cc([C@@H](O)C4(F)CCOCC4)cc(F)c3[C@]2(OC2CC(O)C2)c2ccc(Cl)cc2)nc1. The number of benzene rings is 2. The van der Waals surface area contributed by atoms with E-state index in [9.17, 15) is 15.0 Å². The van der Waals surface area contributed by atoms with Gasteiger partial charge in [-0.3, -0.25) is 9.69 Å². The highest BCUT2D eigenvalue weighted by atomic mass is 35.5. The molecular formula is C30H27ClF2N4O5. The van der Waals surface area contributed by atoms with Gasteiger partial charge in [0.05, 0.1) is 35.4 Å². The van der Waals surface area contributed by atoms with E-state index in [0.717, 1.165) is 6.07 Å². The van der Waals surface area contributed by atoms with Crippen molar-refractivity contribution in [2.24, 2.45) is 0 Å². The molecule has 0 spiro atoms. The van der Waals surface area contributed by atoms with Crippen molar-refractivity contribution in [2.45, 2.75) is 61.9 Å². The van der Waals surface area contributed by atoms with Crippen molar-refractivity contribution >= 4 is 17.5 Å². The summed E-state index contributed by atoms with van der Waals surface area (Å²) in [6.07, 6.45) is 0.175. The van der Waals surface area contributed by atoms with Crippen LogP contribution in [0.5, 0.6) is 0 Å². The molecule has 2 N–H and O–H groups in total. The number of amides is 1. The molecule has 3 aromatic rings. The molecule has 1 saturated heterocycles. The van der Waals surface area contributed by atoms with Crippen molar-refractivity contribution in [3.8, 4) is 6.07 Å². The van der Waals surface area contributed by atoms with Crippen molar-refractivity contribution in [2.75, 3.05) is 13.2 Å². The molecule has 2 atom stereocenters. The predicted molar refractivity (Wildman–Crippen MR) is 144 cm³/mol. The number of ether oxygens (including phenoxy) is 2. The number of aromatic nitrogens is 2. The van der Waals surface area contributed by atoms with E-state index in [-0.39, 0.29) is 73.5 Å². The number of nitrogens with zero attached hydrogens (tertiary/aromatic N) is 4. The van der Waals surface area contributed by atoms with Gasteiger partial charge in [0.2, 0.25) is 5.72 Å². The summed E-state index contributed by atoms with van der Waals surface area (Å²) >= 11 is 6.18. The molecule has 42 heavy (non-hydrogen) atoms. The smallest absolute Gasteiger partial charge is 0.257 e. The second-order valence-corrected chi connectivity index (χ2v) is 11.3. The highest BCUT2D eigenvalue weighted by Crippen LogP contribution is 2.51.